The van der Waals surface area contributed by atoms with E-state index in [9.17, 15) is 14.7 Å². The van der Waals surface area contributed by atoms with Crippen LogP contribution in [0.4, 0.5) is 16.2 Å². The molecule has 1 atom stereocenters. The average Bonchev–Trinajstić information content (AvgIpc) is 2.35. The number of aliphatic hydroxyl groups is 1. The molecule has 0 aliphatic carbocycles. The summed E-state index contributed by atoms with van der Waals surface area (Å²) in [6, 6.07) is 4.77. The van der Waals surface area contributed by atoms with Crippen molar-refractivity contribution in [1.29, 1.82) is 0 Å². The number of hydrogen-bond acceptors (Lipinski definition) is 4. The predicted octanol–water partition coefficient (Wildman–Crippen LogP) is 2.77. The van der Waals surface area contributed by atoms with Gasteiger partial charge in [-0.05, 0) is 39.0 Å². The van der Waals surface area contributed by atoms with Gasteiger partial charge < -0.3 is 9.84 Å². The van der Waals surface area contributed by atoms with Gasteiger partial charge in [-0.1, -0.05) is 11.6 Å². The van der Waals surface area contributed by atoms with Crippen molar-refractivity contribution < 1.29 is 19.4 Å². The van der Waals surface area contributed by atoms with E-state index in [1.807, 2.05) is 0 Å². The van der Waals surface area contributed by atoms with Gasteiger partial charge in [-0.3, -0.25) is 14.6 Å². The molecule has 1 N–H and O–H groups in total. The van der Waals surface area contributed by atoms with Crippen LogP contribution >= 0.6 is 11.6 Å². The Labute approximate surface area is 134 Å². The standard InChI is InChI=1S/C15H19ClN2O4/c1-9(19)18-11-6-5-10(16)7-12(11)17(8-13(18)20)14(21)22-15(2,3)4/h5-7,13,20H,8H2,1-4H3/t13-/m0/s1. The Morgan fingerprint density at radius 2 is 1.95 bits per heavy atom. The number of nitrogens with zero attached hydrogens (tertiary/aromatic N) is 2. The molecule has 1 aromatic carbocycles. The molecule has 0 saturated heterocycles. The first-order chi connectivity index (χ1) is 10.1. The maximum atomic E-state index is 12.4. The fourth-order valence-electron chi connectivity index (χ4n) is 2.29. The first kappa shape index (κ1) is 16.6. The van der Waals surface area contributed by atoms with Gasteiger partial charge in [-0.15, -0.1) is 0 Å². The smallest absolute Gasteiger partial charge is 0.415 e. The highest BCUT2D eigenvalue weighted by atomic mass is 35.5. The van der Waals surface area contributed by atoms with Crippen molar-refractivity contribution in [2.75, 3.05) is 16.3 Å². The van der Waals surface area contributed by atoms with Crippen molar-refractivity contribution in [2.45, 2.75) is 39.5 Å². The topological polar surface area (TPSA) is 70.1 Å². The van der Waals surface area contributed by atoms with Crippen LogP contribution in [0.1, 0.15) is 27.7 Å². The Balaban J connectivity index is 2.46. The van der Waals surface area contributed by atoms with E-state index in [0.29, 0.717) is 16.4 Å². The number of carbonyl (C=O) groups is 2. The molecule has 0 aromatic heterocycles. The molecular formula is C15H19ClN2O4. The molecule has 22 heavy (non-hydrogen) atoms. The van der Waals surface area contributed by atoms with Gasteiger partial charge in [-0.25, -0.2) is 4.79 Å². The minimum atomic E-state index is -1.14. The van der Waals surface area contributed by atoms with E-state index >= 15 is 0 Å². The number of halogens is 1. The number of hydrogen-bond donors (Lipinski definition) is 1. The average molecular weight is 327 g/mol. The highest BCUT2D eigenvalue weighted by Gasteiger charge is 2.36. The summed E-state index contributed by atoms with van der Waals surface area (Å²) in [6.45, 7) is 6.54. The predicted molar refractivity (Wildman–Crippen MR) is 84.2 cm³/mol. The third-order valence-corrected chi connectivity index (χ3v) is 3.32. The zero-order chi connectivity index (χ0) is 16.7. The van der Waals surface area contributed by atoms with E-state index in [1.165, 1.54) is 16.7 Å². The molecule has 0 saturated carbocycles. The molecule has 2 rings (SSSR count). The number of fused-ring (bicyclic) bond motifs is 1. The molecule has 1 aliphatic heterocycles. The molecular weight excluding hydrogens is 308 g/mol. The van der Waals surface area contributed by atoms with Gasteiger partial charge in [0.05, 0.1) is 17.9 Å². The number of benzene rings is 1. The van der Waals surface area contributed by atoms with Gasteiger partial charge in [0.2, 0.25) is 5.91 Å². The first-order valence-corrected chi connectivity index (χ1v) is 7.26. The fraction of sp³-hybridized carbons (Fsp3) is 0.467. The van der Waals surface area contributed by atoms with Crippen LogP contribution in [-0.2, 0) is 9.53 Å². The second kappa shape index (κ2) is 5.78. The third-order valence-electron chi connectivity index (χ3n) is 3.08. The zero-order valence-electron chi connectivity index (χ0n) is 13.0. The second-order valence-electron chi connectivity index (χ2n) is 6.09. The Morgan fingerprint density at radius 1 is 1.32 bits per heavy atom. The lowest BCUT2D eigenvalue weighted by atomic mass is 10.1. The van der Waals surface area contributed by atoms with Crippen molar-refractivity contribution in [1.82, 2.24) is 0 Å². The molecule has 120 valence electrons. The van der Waals surface area contributed by atoms with Crippen molar-refractivity contribution in [2.24, 2.45) is 0 Å². The van der Waals surface area contributed by atoms with Gasteiger partial charge in [0.1, 0.15) is 5.60 Å². The highest BCUT2D eigenvalue weighted by molar-refractivity contribution is 6.31. The molecule has 1 aromatic rings. The maximum absolute atomic E-state index is 12.4. The first-order valence-electron chi connectivity index (χ1n) is 6.88. The monoisotopic (exact) mass is 326 g/mol. The number of β-amino-alcohol motifs (C(OH)–C–C–N with tert-alkyl or cyclic N) is 1. The summed E-state index contributed by atoms with van der Waals surface area (Å²) in [4.78, 5) is 26.6. The van der Waals surface area contributed by atoms with Crippen LogP contribution in [0.2, 0.25) is 5.02 Å². The van der Waals surface area contributed by atoms with Gasteiger partial charge in [0, 0.05) is 11.9 Å². The lowest BCUT2D eigenvalue weighted by Gasteiger charge is -2.39. The molecule has 1 heterocycles. The second-order valence-corrected chi connectivity index (χ2v) is 6.53. The minimum Gasteiger partial charge on any atom is -0.443 e. The molecule has 1 aliphatic rings. The van der Waals surface area contributed by atoms with Gasteiger partial charge in [0.15, 0.2) is 6.23 Å². The summed E-state index contributed by atoms with van der Waals surface area (Å²) in [7, 11) is 0. The number of ether oxygens (including phenoxy) is 1. The van der Waals surface area contributed by atoms with Gasteiger partial charge in [-0.2, -0.15) is 0 Å². The lowest BCUT2D eigenvalue weighted by molar-refractivity contribution is -0.118. The third kappa shape index (κ3) is 3.34. The maximum Gasteiger partial charge on any atom is 0.415 e. The van der Waals surface area contributed by atoms with E-state index in [1.54, 1.807) is 39.0 Å². The van der Waals surface area contributed by atoms with E-state index in [4.69, 9.17) is 16.3 Å². The minimum absolute atomic E-state index is 0.0815. The SMILES string of the molecule is CC(=O)N1c2ccc(Cl)cc2N(C(=O)OC(C)(C)C)C[C@@H]1O. The summed E-state index contributed by atoms with van der Waals surface area (Å²) in [5.41, 5.74) is 0.183. The van der Waals surface area contributed by atoms with Crippen LogP contribution in [0.15, 0.2) is 18.2 Å². The van der Waals surface area contributed by atoms with Crippen molar-refractivity contribution >= 4 is 35.0 Å². The van der Waals surface area contributed by atoms with E-state index in [-0.39, 0.29) is 12.5 Å². The summed E-state index contributed by atoms with van der Waals surface area (Å²) < 4.78 is 5.35. The quantitative estimate of drug-likeness (QED) is 0.796. The van der Waals surface area contributed by atoms with Crippen LogP contribution in [0.25, 0.3) is 0 Å². The highest BCUT2D eigenvalue weighted by Crippen LogP contribution is 2.37. The largest absolute Gasteiger partial charge is 0.443 e. The van der Waals surface area contributed by atoms with Crippen LogP contribution < -0.4 is 9.80 Å². The van der Waals surface area contributed by atoms with Gasteiger partial charge >= 0.3 is 6.09 Å². The van der Waals surface area contributed by atoms with Crippen molar-refractivity contribution in [3.63, 3.8) is 0 Å². The number of rotatable bonds is 0. The van der Waals surface area contributed by atoms with Crippen molar-refractivity contribution in [3.8, 4) is 0 Å². The normalized spacial score (nSPS) is 18.0. The molecule has 2 amide bonds. The Bertz CT molecular complexity index is 612. The number of aliphatic hydroxyl groups excluding tert-OH is 1. The summed E-state index contributed by atoms with van der Waals surface area (Å²) in [5, 5.41) is 10.6. The number of carbonyl (C=O) groups excluding carboxylic acids is 2. The molecule has 0 bridgehead atoms. The number of amides is 2. The Hall–Kier alpha value is -1.79. The van der Waals surface area contributed by atoms with Crippen molar-refractivity contribution in [3.05, 3.63) is 23.2 Å². The van der Waals surface area contributed by atoms with E-state index in [2.05, 4.69) is 0 Å². The molecule has 6 nitrogen and oxygen atoms in total. The van der Waals surface area contributed by atoms with Crippen LogP contribution in [0, 0.1) is 0 Å². The molecule has 0 unspecified atom stereocenters. The van der Waals surface area contributed by atoms with Crippen LogP contribution in [0.3, 0.4) is 0 Å². The van der Waals surface area contributed by atoms with Crippen LogP contribution in [0.5, 0.6) is 0 Å². The lowest BCUT2D eigenvalue weighted by Crippen LogP contribution is -2.53. The zero-order valence-corrected chi connectivity index (χ0v) is 13.7. The summed E-state index contributed by atoms with van der Waals surface area (Å²) >= 11 is 6.00. The molecule has 7 heteroatoms. The van der Waals surface area contributed by atoms with Crippen LogP contribution in [-0.4, -0.2) is 35.5 Å². The summed E-state index contributed by atoms with van der Waals surface area (Å²) in [5.74, 6) is -0.320. The van der Waals surface area contributed by atoms with E-state index in [0.717, 1.165) is 0 Å². The van der Waals surface area contributed by atoms with E-state index < -0.39 is 17.9 Å². The van der Waals surface area contributed by atoms with Gasteiger partial charge in [0.25, 0.3) is 0 Å². The fourth-order valence-corrected chi connectivity index (χ4v) is 2.46. The Kier molecular flexibility index (Phi) is 4.35. The number of anilines is 2. The molecule has 0 fully saturated rings. The molecule has 0 spiro atoms. The summed E-state index contributed by atoms with van der Waals surface area (Å²) in [6.07, 6.45) is -1.74. The molecule has 0 radical (unpaired) electrons. The Morgan fingerprint density at radius 3 is 2.50 bits per heavy atom.